The summed E-state index contributed by atoms with van der Waals surface area (Å²) in [5, 5.41) is 0. The van der Waals surface area contributed by atoms with Gasteiger partial charge in [0.2, 0.25) is 21.8 Å². The van der Waals surface area contributed by atoms with Crippen LogP contribution in [-0.4, -0.2) is 78.9 Å². The van der Waals surface area contributed by atoms with Crippen molar-refractivity contribution in [2.24, 2.45) is 11.8 Å². The predicted octanol–water partition coefficient (Wildman–Crippen LogP) is 0.960. The Morgan fingerprint density at radius 1 is 1.14 bits per heavy atom. The number of piperidine rings is 1. The van der Waals surface area contributed by atoms with Crippen LogP contribution in [0.1, 0.15) is 25.3 Å². The summed E-state index contributed by atoms with van der Waals surface area (Å²) < 4.78 is 25.6. The van der Waals surface area contributed by atoms with E-state index in [0.29, 0.717) is 45.4 Å². The van der Waals surface area contributed by atoms with E-state index in [1.165, 1.54) is 10.6 Å². The molecule has 1 aromatic carbocycles. The van der Waals surface area contributed by atoms with Gasteiger partial charge in [0, 0.05) is 38.6 Å². The smallest absolute Gasteiger partial charge is 0.227 e. The number of hydrogen-bond acceptors (Lipinski definition) is 4. The molecule has 8 heteroatoms. The van der Waals surface area contributed by atoms with Crippen molar-refractivity contribution >= 4 is 21.8 Å². The summed E-state index contributed by atoms with van der Waals surface area (Å²) in [4.78, 5) is 29.7. The summed E-state index contributed by atoms with van der Waals surface area (Å²) in [6, 6.07) is 9.73. The third kappa shape index (κ3) is 3.46. The van der Waals surface area contributed by atoms with Crippen LogP contribution in [-0.2, 0) is 26.0 Å². The first kappa shape index (κ1) is 20.3. The number of benzene rings is 1. The minimum Gasteiger partial charge on any atom is -0.342 e. The maximum absolute atomic E-state index is 13.0. The molecule has 0 saturated carbocycles. The summed E-state index contributed by atoms with van der Waals surface area (Å²) >= 11 is 0. The van der Waals surface area contributed by atoms with Crippen molar-refractivity contribution in [3.63, 3.8) is 0 Å². The molecule has 3 heterocycles. The van der Waals surface area contributed by atoms with E-state index in [1.807, 2.05) is 47.1 Å². The van der Waals surface area contributed by atoms with E-state index in [-0.39, 0.29) is 35.7 Å². The van der Waals surface area contributed by atoms with Gasteiger partial charge in [0.1, 0.15) is 0 Å². The van der Waals surface area contributed by atoms with Crippen molar-refractivity contribution in [3.05, 3.63) is 35.9 Å². The SMILES string of the molecule is CCN1C(=O)[C@@H]2CN(S(C)(=O)=O)C[C@@H]2C12CCN(C(=O)Cc1ccccc1)CC2. The molecule has 0 aliphatic carbocycles. The third-order valence-electron chi connectivity index (χ3n) is 7.06. The van der Waals surface area contributed by atoms with Crippen LogP contribution < -0.4 is 0 Å². The number of carbonyl (C=O) groups excluding carboxylic acids is 2. The molecular formula is C21H29N3O4S. The molecule has 4 rings (SSSR count). The second-order valence-corrected chi connectivity index (χ2v) is 10.5. The summed E-state index contributed by atoms with van der Waals surface area (Å²) in [6.07, 6.45) is 3.03. The monoisotopic (exact) mass is 419 g/mol. The van der Waals surface area contributed by atoms with Crippen LogP contribution in [0, 0.1) is 11.8 Å². The van der Waals surface area contributed by atoms with Crippen LogP contribution in [0.5, 0.6) is 0 Å². The molecule has 2 atom stereocenters. The summed E-state index contributed by atoms with van der Waals surface area (Å²) in [7, 11) is -3.31. The highest BCUT2D eigenvalue weighted by Crippen LogP contribution is 2.50. The van der Waals surface area contributed by atoms with Gasteiger partial charge in [-0.2, -0.15) is 0 Å². The molecule has 3 aliphatic rings. The second kappa shape index (κ2) is 7.40. The maximum atomic E-state index is 13.0. The highest BCUT2D eigenvalue weighted by Gasteiger charge is 2.62. The summed E-state index contributed by atoms with van der Waals surface area (Å²) in [5.74, 6) is -0.0563. The van der Waals surface area contributed by atoms with Crippen molar-refractivity contribution in [1.29, 1.82) is 0 Å². The Morgan fingerprint density at radius 3 is 2.38 bits per heavy atom. The topological polar surface area (TPSA) is 78.0 Å². The van der Waals surface area contributed by atoms with Gasteiger partial charge in [0.25, 0.3) is 0 Å². The van der Waals surface area contributed by atoms with Crippen LogP contribution in [0.25, 0.3) is 0 Å². The van der Waals surface area contributed by atoms with Gasteiger partial charge in [-0.3, -0.25) is 9.59 Å². The Kier molecular flexibility index (Phi) is 5.19. The van der Waals surface area contributed by atoms with Crippen LogP contribution in [0.4, 0.5) is 0 Å². The first-order valence-corrected chi connectivity index (χ1v) is 12.2. The van der Waals surface area contributed by atoms with Gasteiger partial charge in [0.15, 0.2) is 0 Å². The minimum absolute atomic E-state index is 0.0102. The Morgan fingerprint density at radius 2 is 1.79 bits per heavy atom. The van der Waals surface area contributed by atoms with Crippen molar-refractivity contribution in [2.45, 2.75) is 31.7 Å². The fourth-order valence-electron chi connectivity index (χ4n) is 5.59. The van der Waals surface area contributed by atoms with Crippen molar-refractivity contribution < 1.29 is 18.0 Å². The zero-order chi connectivity index (χ0) is 20.8. The molecule has 0 aromatic heterocycles. The Labute approximate surface area is 172 Å². The Hall–Kier alpha value is -1.93. The Balaban J connectivity index is 1.49. The summed E-state index contributed by atoms with van der Waals surface area (Å²) in [5.41, 5.74) is 0.670. The standard InChI is InChI=1S/C21H29N3O4S/c1-3-24-20(26)17-14-23(29(2,27)28)15-18(17)21(24)9-11-22(12-10-21)19(25)13-16-7-5-4-6-8-16/h4-8,17-18H,3,9-15H2,1-2H3/t17-,18+/m1/s1. The van der Waals surface area contributed by atoms with E-state index >= 15 is 0 Å². The van der Waals surface area contributed by atoms with Crippen LogP contribution in [0.15, 0.2) is 30.3 Å². The van der Waals surface area contributed by atoms with Gasteiger partial charge in [-0.15, -0.1) is 0 Å². The highest BCUT2D eigenvalue weighted by atomic mass is 32.2. The molecule has 3 aliphatic heterocycles. The molecule has 0 unspecified atom stereocenters. The van der Waals surface area contributed by atoms with Crippen LogP contribution in [0.3, 0.4) is 0 Å². The number of rotatable bonds is 4. The first-order chi connectivity index (χ1) is 13.8. The van der Waals surface area contributed by atoms with E-state index in [4.69, 9.17) is 0 Å². The quantitative estimate of drug-likeness (QED) is 0.728. The number of carbonyl (C=O) groups is 2. The van der Waals surface area contributed by atoms with E-state index in [2.05, 4.69) is 0 Å². The number of likely N-dealkylation sites (tertiary alicyclic amines) is 2. The molecule has 7 nitrogen and oxygen atoms in total. The lowest BCUT2D eigenvalue weighted by Gasteiger charge is -2.47. The van der Waals surface area contributed by atoms with Crippen molar-refractivity contribution in [2.75, 3.05) is 39.0 Å². The molecule has 2 amide bonds. The zero-order valence-corrected chi connectivity index (χ0v) is 17.9. The lowest BCUT2D eigenvalue weighted by molar-refractivity contribution is -0.137. The highest BCUT2D eigenvalue weighted by molar-refractivity contribution is 7.88. The molecule has 0 radical (unpaired) electrons. The third-order valence-corrected chi connectivity index (χ3v) is 8.30. The van der Waals surface area contributed by atoms with Gasteiger partial charge in [-0.25, -0.2) is 12.7 Å². The molecule has 1 spiro atoms. The predicted molar refractivity (Wildman–Crippen MR) is 109 cm³/mol. The van der Waals surface area contributed by atoms with Crippen LogP contribution >= 0.6 is 0 Å². The van der Waals surface area contributed by atoms with E-state index < -0.39 is 10.0 Å². The van der Waals surface area contributed by atoms with E-state index in [1.54, 1.807) is 0 Å². The molecule has 0 bridgehead atoms. The average Bonchev–Trinajstić information content (AvgIpc) is 3.23. The zero-order valence-electron chi connectivity index (χ0n) is 17.1. The number of nitrogens with zero attached hydrogens (tertiary/aromatic N) is 3. The molecular weight excluding hydrogens is 390 g/mol. The molecule has 3 fully saturated rings. The number of sulfonamides is 1. The van der Waals surface area contributed by atoms with Gasteiger partial charge < -0.3 is 9.80 Å². The molecule has 29 heavy (non-hydrogen) atoms. The molecule has 0 N–H and O–H groups in total. The first-order valence-electron chi connectivity index (χ1n) is 10.3. The second-order valence-electron chi connectivity index (χ2n) is 8.52. The number of fused-ring (bicyclic) bond motifs is 2. The van der Waals surface area contributed by atoms with Crippen molar-refractivity contribution in [3.8, 4) is 0 Å². The van der Waals surface area contributed by atoms with Crippen LogP contribution in [0.2, 0.25) is 0 Å². The minimum atomic E-state index is -3.31. The lowest BCUT2D eigenvalue weighted by Crippen LogP contribution is -2.58. The van der Waals surface area contributed by atoms with Gasteiger partial charge in [0.05, 0.1) is 24.1 Å². The molecule has 1 aromatic rings. The molecule has 158 valence electrons. The fraction of sp³-hybridized carbons (Fsp3) is 0.619. The largest absolute Gasteiger partial charge is 0.342 e. The van der Waals surface area contributed by atoms with Gasteiger partial charge in [-0.1, -0.05) is 30.3 Å². The van der Waals surface area contributed by atoms with Crippen molar-refractivity contribution in [1.82, 2.24) is 14.1 Å². The van der Waals surface area contributed by atoms with E-state index in [9.17, 15) is 18.0 Å². The summed E-state index contributed by atoms with van der Waals surface area (Å²) in [6.45, 7) is 4.53. The van der Waals surface area contributed by atoms with E-state index in [0.717, 1.165) is 5.56 Å². The molecule has 3 saturated heterocycles. The van der Waals surface area contributed by atoms with Gasteiger partial charge >= 0.3 is 0 Å². The fourth-order valence-corrected chi connectivity index (χ4v) is 6.45. The lowest BCUT2D eigenvalue weighted by atomic mass is 9.75. The maximum Gasteiger partial charge on any atom is 0.227 e. The number of amides is 2. The normalized spacial score (nSPS) is 26.9. The number of hydrogen-bond donors (Lipinski definition) is 0. The van der Waals surface area contributed by atoms with Gasteiger partial charge in [-0.05, 0) is 25.3 Å². The average molecular weight is 420 g/mol. The Bertz CT molecular complexity index is 894.